The molecule has 1 aliphatic rings. The van der Waals surface area contributed by atoms with E-state index in [0.717, 1.165) is 32.1 Å². The average molecular weight is 316 g/mol. The molecule has 1 atom stereocenters. The van der Waals surface area contributed by atoms with E-state index in [9.17, 15) is 0 Å². The van der Waals surface area contributed by atoms with Gasteiger partial charge < -0.3 is 15.5 Å². The summed E-state index contributed by atoms with van der Waals surface area (Å²) in [5.41, 5.74) is 1.27. The summed E-state index contributed by atoms with van der Waals surface area (Å²) in [5.74, 6) is 1.06. The maximum Gasteiger partial charge on any atom is 0.193 e. The Morgan fingerprint density at radius 3 is 2.48 bits per heavy atom. The highest BCUT2D eigenvalue weighted by molar-refractivity contribution is 5.80. The molecule has 0 bridgehead atoms. The second-order valence-electron chi connectivity index (χ2n) is 7.02. The molecule has 1 unspecified atom stereocenters. The van der Waals surface area contributed by atoms with Crippen molar-refractivity contribution in [2.45, 2.75) is 52.1 Å². The highest BCUT2D eigenvalue weighted by atomic mass is 15.3. The molecule has 0 radical (unpaired) electrons. The summed E-state index contributed by atoms with van der Waals surface area (Å²) < 4.78 is 0. The van der Waals surface area contributed by atoms with Gasteiger partial charge in [-0.05, 0) is 46.1 Å². The van der Waals surface area contributed by atoms with Crippen LogP contribution in [0, 0.1) is 0 Å². The van der Waals surface area contributed by atoms with E-state index in [2.05, 4.69) is 73.6 Å². The Bertz CT molecular complexity index is 489. The van der Waals surface area contributed by atoms with Gasteiger partial charge in [0.1, 0.15) is 0 Å². The zero-order chi connectivity index (χ0) is 16.7. The standard InChI is InChI=1S/C19H32N4/c1-5-20-18(23-13-9-10-14-23)21-15-19(3,4)22-16(2)17-11-7-6-8-12-17/h6-8,11-12,16,22H,5,9-10,13-15H2,1-4H3,(H,20,21). The molecular weight excluding hydrogens is 284 g/mol. The van der Waals surface area contributed by atoms with Gasteiger partial charge in [-0.25, -0.2) is 0 Å². The second-order valence-corrected chi connectivity index (χ2v) is 7.02. The van der Waals surface area contributed by atoms with Crippen LogP contribution in [0.1, 0.15) is 52.1 Å². The summed E-state index contributed by atoms with van der Waals surface area (Å²) in [6, 6.07) is 10.9. The fourth-order valence-electron chi connectivity index (χ4n) is 3.08. The van der Waals surface area contributed by atoms with Crippen molar-refractivity contribution in [2.75, 3.05) is 26.2 Å². The van der Waals surface area contributed by atoms with E-state index in [1.807, 2.05) is 0 Å². The second kappa shape index (κ2) is 8.34. The third kappa shape index (κ3) is 5.54. The minimum atomic E-state index is -0.0460. The lowest BCUT2D eigenvalue weighted by atomic mass is 10.0. The van der Waals surface area contributed by atoms with Crippen molar-refractivity contribution in [2.24, 2.45) is 4.99 Å². The minimum absolute atomic E-state index is 0.0460. The van der Waals surface area contributed by atoms with Crippen molar-refractivity contribution in [3.05, 3.63) is 35.9 Å². The molecule has 23 heavy (non-hydrogen) atoms. The summed E-state index contributed by atoms with van der Waals surface area (Å²) in [6.45, 7) is 12.7. The summed E-state index contributed by atoms with van der Waals surface area (Å²) in [4.78, 5) is 7.26. The van der Waals surface area contributed by atoms with Crippen LogP contribution in [0.5, 0.6) is 0 Å². The Morgan fingerprint density at radius 2 is 1.87 bits per heavy atom. The van der Waals surface area contributed by atoms with Crippen LogP contribution in [-0.4, -0.2) is 42.6 Å². The molecule has 0 saturated carbocycles. The number of benzene rings is 1. The molecule has 1 aliphatic heterocycles. The SMILES string of the molecule is CCNC(=NCC(C)(C)NC(C)c1ccccc1)N1CCCC1. The van der Waals surface area contributed by atoms with E-state index in [1.54, 1.807) is 0 Å². The Morgan fingerprint density at radius 1 is 1.22 bits per heavy atom. The van der Waals surface area contributed by atoms with E-state index >= 15 is 0 Å². The molecule has 0 spiro atoms. The van der Waals surface area contributed by atoms with Crippen molar-refractivity contribution in [3.63, 3.8) is 0 Å². The van der Waals surface area contributed by atoms with E-state index in [4.69, 9.17) is 4.99 Å². The topological polar surface area (TPSA) is 39.7 Å². The Kier molecular flexibility index (Phi) is 6.46. The fourth-order valence-corrected chi connectivity index (χ4v) is 3.08. The van der Waals surface area contributed by atoms with Crippen molar-refractivity contribution in [3.8, 4) is 0 Å². The predicted molar refractivity (Wildman–Crippen MR) is 98.9 cm³/mol. The summed E-state index contributed by atoms with van der Waals surface area (Å²) in [7, 11) is 0. The lowest BCUT2D eigenvalue weighted by Crippen LogP contribution is -2.46. The molecule has 2 N–H and O–H groups in total. The van der Waals surface area contributed by atoms with Gasteiger partial charge in [-0.1, -0.05) is 30.3 Å². The maximum absolute atomic E-state index is 4.88. The normalized spacial score (nSPS) is 17.4. The predicted octanol–water partition coefficient (Wildman–Crippen LogP) is 3.18. The number of hydrogen-bond acceptors (Lipinski definition) is 2. The first kappa shape index (κ1) is 17.8. The molecule has 1 heterocycles. The van der Waals surface area contributed by atoms with E-state index in [1.165, 1.54) is 18.4 Å². The van der Waals surface area contributed by atoms with Crippen LogP contribution in [-0.2, 0) is 0 Å². The summed E-state index contributed by atoms with van der Waals surface area (Å²) >= 11 is 0. The Hall–Kier alpha value is -1.55. The van der Waals surface area contributed by atoms with Gasteiger partial charge in [0.25, 0.3) is 0 Å². The zero-order valence-electron chi connectivity index (χ0n) is 15.1. The quantitative estimate of drug-likeness (QED) is 0.625. The number of rotatable bonds is 6. The van der Waals surface area contributed by atoms with Gasteiger partial charge in [0, 0.05) is 31.2 Å². The van der Waals surface area contributed by atoms with Crippen LogP contribution < -0.4 is 10.6 Å². The number of guanidine groups is 1. The molecule has 0 amide bonds. The van der Waals surface area contributed by atoms with Gasteiger partial charge in [0.2, 0.25) is 0 Å². The first-order chi connectivity index (χ1) is 11.0. The molecule has 1 aromatic carbocycles. The van der Waals surface area contributed by atoms with Gasteiger partial charge in [-0.2, -0.15) is 0 Å². The smallest absolute Gasteiger partial charge is 0.193 e. The lowest BCUT2D eigenvalue weighted by Gasteiger charge is -2.30. The van der Waals surface area contributed by atoms with Crippen LogP contribution in [0.25, 0.3) is 0 Å². The van der Waals surface area contributed by atoms with Gasteiger partial charge in [0.05, 0.1) is 6.54 Å². The molecule has 0 aliphatic carbocycles. The third-order valence-corrected chi connectivity index (χ3v) is 4.27. The zero-order valence-corrected chi connectivity index (χ0v) is 15.1. The first-order valence-electron chi connectivity index (χ1n) is 8.88. The monoisotopic (exact) mass is 316 g/mol. The summed E-state index contributed by atoms with van der Waals surface area (Å²) in [6.07, 6.45) is 2.55. The Labute approximate surface area is 141 Å². The number of nitrogens with one attached hydrogen (secondary N) is 2. The molecular formula is C19H32N4. The van der Waals surface area contributed by atoms with Crippen molar-refractivity contribution in [1.82, 2.24) is 15.5 Å². The molecule has 2 rings (SSSR count). The Balaban J connectivity index is 1.96. The number of aliphatic imine (C=N–C) groups is 1. The minimum Gasteiger partial charge on any atom is -0.357 e. The third-order valence-electron chi connectivity index (χ3n) is 4.27. The van der Waals surface area contributed by atoms with E-state index in [0.29, 0.717) is 6.04 Å². The number of nitrogens with zero attached hydrogens (tertiary/aromatic N) is 2. The van der Waals surface area contributed by atoms with E-state index < -0.39 is 0 Å². The number of hydrogen-bond donors (Lipinski definition) is 2. The van der Waals surface area contributed by atoms with Gasteiger partial charge in [-0.3, -0.25) is 4.99 Å². The molecule has 128 valence electrons. The van der Waals surface area contributed by atoms with Crippen molar-refractivity contribution >= 4 is 5.96 Å². The van der Waals surface area contributed by atoms with Crippen molar-refractivity contribution in [1.29, 1.82) is 0 Å². The van der Waals surface area contributed by atoms with Crippen LogP contribution >= 0.6 is 0 Å². The fraction of sp³-hybridized carbons (Fsp3) is 0.632. The highest BCUT2D eigenvalue weighted by Gasteiger charge is 2.22. The van der Waals surface area contributed by atoms with Crippen LogP contribution in [0.4, 0.5) is 0 Å². The van der Waals surface area contributed by atoms with Crippen LogP contribution in [0.2, 0.25) is 0 Å². The molecule has 1 fully saturated rings. The largest absolute Gasteiger partial charge is 0.357 e. The first-order valence-corrected chi connectivity index (χ1v) is 8.88. The lowest BCUT2D eigenvalue weighted by molar-refractivity contribution is 0.354. The van der Waals surface area contributed by atoms with Crippen LogP contribution in [0.3, 0.4) is 0 Å². The van der Waals surface area contributed by atoms with Crippen LogP contribution in [0.15, 0.2) is 35.3 Å². The van der Waals surface area contributed by atoms with Crippen molar-refractivity contribution < 1.29 is 0 Å². The number of likely N-dealkylation sites (tertiary alicyclic amines) is 1. The van der Waals surface area contributed by atoms with Gasteiger partial charge >= 0.3 is 0 Å². The molecule has 1 saturated heterocycles. The maximum atomic E-state index is 4.88. The molecule has 4 heteroatoms. The summed E-state index contributed by atoms with van der Waals surface area (Å²) in [5, 5.41) is 7.14. The van der Waals surface area contributed by atoms with Gasteiger partial charge in [0.15, 0.2) is 5.96 Å². The van der Waals surface area contributed by atoms with Gasteiger partial charge in [-0.15, -0.1) is 0 Å². The average Bonchev–Trinajstić information content (AvgIpc) is 3.06. The highest BCUT2D eigenvalue weighted by Crippen LogP contribution is 2.17. The molecule has 4 nitrogen and oxygen atoms in total. The molecule has 1 aromatic rings. The molecule has 0 aromatic heterocycles. The van der Waals surface area contributed by atoms with E-state index in [-0.39, 0.29) is 5.54 Å².